The minimum atomic E-state index is -1.14. The van der Waals surface area contributed by atoms with E-state index in [0.717, 1.165) is 6.07 Å². The molecule has 0 aliphatic rings. The Morgan fingerprint density at radius 2 is 2.25 bits per heavy atom. The van der Waals surface area contributed by atoms with Gasteiger partial charge in [-0.2, -0.15) is 5.26 Å². The number of nitriles is 1. The highest BCUT2D eigenvalue weighted by molar-refractivity contribution is 6.34. The van der Waals surface area contributed by atoms with Crippen LogP contribution in [0.3, 0.4) is 0 Å². The van der Waals surface area contributed by atoms with Gasteiger partial charge in [0.1, 0.15) is 11.1 Å². The van der Waals surface area contributed by atoms with E-state index < -0.39 is 23.0 Å². The molecule has 0 amide bonds. The fourth-order valence-electron chi connectivity index (χ4n) is 1.18. The average Bonchev–Trinajstić information content (AvgIpc) is 2.16. The fourth-order valence-corrected chi connectivity index (χ4v) is 1.47. The highest BCUT2D eigenvalue weighted by Crippen LogP contribution is 2.30. The molecule has 0 fully saturated rings. The maximum absolute atomic E-state index is 10.5. The summed E-state index contributed by atoms with van der Waals surface area (Å²) in [6.07, 6.45) is -0.402. The Morgan fingerprint density at radius 3 is 2.69 bits per heavy atom. The van der Waals surface area contributed by atoms with Crippen LogP contribution in [0, 0.1) is 21.4 Å². The summed E-state index contributed by atoms with van der Waals surface area (Å²) < 4.78 is 0. The molecule has 0 aromatic heterocycles. The van der Waals surface area contributed by atoms with E-state index >= 15 is 0 Å². The molecule has 1 aromatic rings. The van der Waals surface area contributed by atoms with Crippen LogP contribution in [0.2, 0.25) is 5.02 Å². The van der Waals surface area contributed by atoms with E-state index in [4.69, 9.17) is 22.0 Å². The molecule has 0 aliphatic heterocycles. The summed E-state index contributed by atoms with van der Waals surface area (Å²) in [6.45, 7) is 0. The third-order valence-electron chi connectivity index (χ3n) is 1.86. The number of aliphatic carboxylic acids is 1. The summed E-state index contributed by atoms with van der Waals surface area (Å²) in [5.74, 6) is -1.14. The molecule has 0 spiro atoms. The molecule has 1 rings (SSSR count). The summed E-state index contributed by atoms with van der Waals surface area (Å²) in [5.41, 5.74) is -0.420. The lowest BCUT2D eigenvalue weighted by molar-refractivity contribution is -0.384. The molecule has 0 saturated carbocycles. The van der Waals surface area contributed by atoms with Crippen LogP contribution in [0.15, 0.2) is 12.1 Å². The maximum Gasteiger partial charge on any atom is 0.307 e. The van der Waals surface area contributed by atoms with E-state index in [9.17, 15) is 14.9 Å². The number of nitrogens with zero attached hydrogens (tertiary/aromatic N) is 2. The predicted octanol–water partition coefficient (Wildman–Crippen LogP) is 1.75. The number of hydrogen-bond donors (Lipinski definition) is 1. The predicted molar refractivity (Wildman–Crippen MR) is 54.2 cm³/mol. The van der Waals surface area contributed by atoms with E-state index in [-0.39, 0.29) is 16.1 Å². The lowest BCUT2D eigenvalue weighted by Crippen LogP contribution is -2.03. The number of rotatable bonds is 3. The molecule has 1 aromatic carbocycles. The lowest BCUT2D eigenvalue weighted by Gasteiger charge is -2.03. The molecule has 0 aliphatic carbocycles. The number of nitro benzene ring substituents is 1. The van der Waals surface area contributed by atoms with Crippen LogP contribution in [0.4, 0.5) is 5.69 Å². The normalized spacial score (nSPS) is 9.50. The van der Waals surface area contributed by atoms with Gasteiger partial charge in [-0.1, -0.05) is 17.7 Å². The van der Waals surface area contributed by atoms with Gasteiger partial charge in [-0.05, 0) is 5.56 Å². The molecular formula is C9H5ClN2O4. The second kappa shape index (κ2) is 4.59. The number of carboxylic acids is 1. The second-order valence-electron chi connectivity index (χ2n) is 2.87. The number of carboxylic acid groups (broad SMARTS) is 1. The smallest absolute Gasteiger partial charge is 0.307 e. The molecule has 7 heteroatoms. The van der Waals surface area contributed by atoms with Crippen molar-refractivity contribution in [3.05, 3.63) is 38.4 Å². The van der Waals surface area contributed by atoms with E-state index in [1.165, 1.54) is 6.07 Å². The van der Waals surface area contributed by atoms with Crippen LogP contribution < -0.4 is 0 Å². The van der Waals surface area contributed by atoms with Gasteiger partial charge in [-0.15, -0.1) is 0 Å². The molecule has 0 heterocycles. The van der Waals surface area contributed by atoms with Crippen LogP contribution in [0.5, 0.6) is 0 Å². The van der Waals surface area contributed by atoms with Crippen molar-refractivity contribution in [1.82, 2.24) is 0 Å². The van der Waals surface area contributed by atoms with Crippen molar-refractivity contribution in [1.29, 1.82) is 5.26 Å². The SMILES string of the molecule is N#Cc1c(CC(=O)O)ccc([N+](=O)[O-])c1Cl. The summed E-state index contributed by atoms with van der Waals surface area (Å²) in [5, 5.41) is 27.5. The average molecular weight is 241 g/mol. The monoisotopic (exact) mass is 240 g/mol. The highest BCUT2D eigenvalue weighted by Gasteiger charge is 2.20. The Labute approximate surface area is 94.8 Å². The molecule has 16 heavy (non-hydrogen) atoms. The van der Waals surface area contributed by atoms with Gasteiger partial charge in [0.2, 0.25) is 0 Å². The van der Waals surface area contributed by atoms with E-state index in [2.05, 4.69) is 0 Å². The van der Waals surface area contributed by atoms with Gasteiger partial charge < -0.3 is 5.11 Å². The molecule has 1 N–H and O–H groups in total. The van der Waals surface area contributed by atoms with Crippen LogP contribution in [-0.2, 0) is 11.2 Å². The molecule has 0 radical (unpaired) electrons. The second-order valence-corrected chi connectivity index (χ2v) is 3.25. The molecule has 0 saturated heterocycles. The van der Waals surface area contributed by atoms with E-state index in [1.807, 2.05) is 0 Å². The van der Waals surface area contributed by atoms with Gasteiger partial charge >= 0.3 is 5.97 Å². The first-order valence-electron chi connectivity index (χ1n) is 4.05. The zero-order valence-corrected chi connectivity index (χ0v) is 8.56. The largest absolute Gasteiger partial charge is 0.481 e. The van der Waals surface area contributed by atoms with Crippen molar-refractivity contribution in [2.75, 3.05) is 0 Å². The Kier molecular flexibility index (Phi) is 3.43. The zero-order chi connectivity index (χ0) is 12.3. The minimum Gasteiger partial charge on any atom is -0.481 e. The summed E-state index contributed by atoms with van der Waals surface area (Å²) >= 11 is 5.64. The molecule has 0 bridgehead atoms. The number of hydrogen-bond acceptors (Lipinski definition) is 4. The van der Waals surface area contributed by atoms with Crippen molar-refractivity contribution in [3.8, 4) is 6.07 Å². The Bertz CT molecular complexity index is 507. The molecule has 6 nitrogen and oxygen atoms in total. The van der Waals surface area contributed by atoms with Gasteiger partial charge in [0.15, 0.2) is 0 Å². The Hall–Kier alpha value is -2.13. The third kappa shape index (κ3) is 2.27. The van der Waals surface area contributed by atoms with E-state index in [1.54, 1.807) is 6.07 Å². The zero-order valence-electron chi connectivity index (χ0n) is 7.81. The Morgan fingerprint density at radius 1 is 1.62 bits per heavy atom. The van der Waals surface area contributed by atoms with Crippen molar-refractivity contribution in [2.24, 2.45) is 0 Å². The van der Waals surface area contributed by atoms with Crippen LogP contribution >= 0.6 is 11.6 Å². The maximum atomic E-state index is 10.5. The highest BCUT2D eigenvalue weighted by atomic mass is 35.5. The van der Waals surface area contributed by atoms with Crippen molar-refractivity contribution < 1.29 is 14.8 Å². The number of carbonyl (C=O) groups is 1. The number of nitro groups is 1. The number of halogens is 1. The fraction of sp³-hybridized carbons (Fsp3) is 0.111. The first-order valence-corrected chi connectivity index (χ1v) is 4.42. The molecule has 0 atom stereocenters. The van der Waals surface area contributed by atoms with E-state index in [0.29, 0.717) is 0 Å². The van der Waals surface area contributed by atoms with Crippen molar-refractivity contribution >= 4 is 23.3 Å². The molecular weight excluding hydrogens is 236 g/mol. The number of benzene rings is 1. The van der Waals surface area contributed by atoms with Crippen molar-refractivity contribution in [3.63, 3.8) is 0 Å². The Balaban J connectivity index is 3.36. The van der Waals surface area contributed by atoms with Crippen LogP contribution in [0.1, 0.15) is 11.1 Å². The molecule has 82 valence electrons. The first kappa shape index (κ1) is 11.9. The van der Waals surface area contributed by atoms with Gasteiger partial charge in [0, 0.05) is 6.07 Å². The third-order valence-corrected chi connectivity index (χ3v) is 2.24. The summed E-state index contributed by atoms with van der Waals surface area (Å²) in [6, 6.07) is 3.97. The summed E-state index contributed by atoms with van der Waals surface area (Å²) in [4.78, 5) is 20.3. The van der Waals surface area contributed by atoms with Gasteiger partial charge in [0.25, 0.3) is 5.69 Å². The standard InChI is InChI=1S/C9H5ClN2O4/c10-9-6(4-11)5(3-8(13)14)1-2-7(9)12(15)16/h1-2H,3H2,(H,13,14). The lowest BCUT2D eigenvalue weighted by atomic mass is 10.0. The van der Waals surface area contributed by atoms with Crippen LogP contribution in [-0.4, -0.2) is 16.0 Å². The quantitative estimate of drug-likeness (QED) is 0.640. The van der Waals surface area contributed by atoms with Gasteiger partial charge in [-0.25, -0.2) is 0 Å². The van der Waals surface area contributed by atoms with Gasteiger partial charge in [0.05, 0.1) is 16.9 Å². The van der Waals surface area contributed by atoms with Gasteiger partial charge in [-0.3, -0.25) is 14.9 Å². The van der Waals surface area contributed by atoms with Crippen LogP contribution in [0.25, 0.3) is 0 Å². The topological polar surface area (TPSA) is 104 Å². The minimum absolute atomic E-state index is 0.158. The molecule has 0 unspecified atom stereocenters. The summed E-state index contributed by atoms with van der Waals surface area (Å²) in [7, 11) is 0. The first-order chi connectivity index (χ1) is 7.47. The van der Waals surface area contributed by atoms with Crippen molar-refractivity contribution in [2.45, 2.75) is 6.42 Å².